The van der Waals surface area contributed by atoms with Gasteiger partial charge < -0.3 is 10.5 Å². The van der Waals surface area contributed by atoms with Gasteiger partial charge in [0.25, 0.3) is 11.1 Å². The molecular formula is C46H38F2N8O5. The number of Topliss-reactive ketones (excluding diaryl/α,β-unsaturated/α-hetero) is 2. The molecule has 306 valence electrons. The number of carbonyl (C=O) groups is 2. The Hall–Kier alpha value is -7.94. The van der Waals surface area contributed by atoms with Crippen LogP contribution in [-0.4, -0.2) is 46.0 Å². The second kappa shape index (κ2) is 17.5. The minimum atomic E-state index is -0.511. The molecule has 3 aromatic heterocycles. The summed E-state index contributed by atoms with van der Waals surface area (Å²) in [7, 11) is 0. The Morgan fingerprint density at radius 1 is 0.721 bits per heavy atom. The highest BCUT2D eigenvalue weighted by Gasteiger charge is 2.24. The first-order chi connectivity index (χ1) is 29.4. The molecule has 8 rings (SSSR count). The van der Waals surface area contributed by atoms with Crippen LogP contribution in [0, 0.1) is 11.6 Å². The van der Waals surface area contributed by atoms with Crippen molar-refractivity contribution in [1.29, 1.82) is 0 Å². The van der Waals surface area contributed by atoms with Crippen molar-refractivity contribution in [3.05, 3.63) is 170 Å². The Labute approximate surface area is 346 Å². The summed E-state index contributed by atoms with van der Waals surface area (Å²) in [5.41, 5.74) is 3.22. The molecule has 0 atom stereocenters. The highest BCUT2D eigenvalue weighted by atomic mass is 19.1. The van der Waals surface area contributed by atoms with Crippen LogP contribution in [-0.2, 0) is 13.1 Å². The minimum absolute atomic E-state index is 0.0514. The van der Waals surface area contributed by atoms with Crippen molar-refractivity contribution < 1.29 is 23.6 Å². The monoisotopic (exact) mass is 820 g/mol. The average molecular weight is 821 g/mol. The van der Waals surface area contributed by atoms with Crippen LogP contribution in [0.25, 0.3) is 44.7 Å². The van der Waals surface area contributed by atoms with Crippen LogP contribution in [0.5, 0.6) is 0 Å². The van der Waals surface area contributed by atoms with Gasteiger partial charge in [0, 0.05) is 53.2 Å². The molecule has 61 heavy (non-hydrogen) atoms. The highest BCUT2D eigenvalue weighted by Crippen LogP contribution is 2.31. The standard InChI is InChI=1S/C23H19FN4O3.C23H19FN4O2/c1-3-27-23(30)22(25-18-7-4-8-19-17(18)6-5-13-28(19)31)20(14(2)29)21(26-27)15-9-11-16(24)12-10-15;1-3-28-23(30)22(26-19-11-5-10-18-17(19)9-6-12-25-18)20(14(2)29)21(27-28)15-7-4-8-16(24)13-15/h4-13,31H,3H2,1-2H3;4-13,26H,3H2,1-2H3. The maximum atomic E-state index is 13.9. The fourth-order valence-corrected chi connectivity index (χ4v) is 6.88. The summed E-state index contributed by atoms with van der Waals surface area (Å²) in [4.78, 5) is 60.3. The van der Waals surface area contributed by atoms with Crippen LogP contribution in [0.4, 0.5) is 25.8 Å². The zero-order valence-electron chi connectivity index (χ0n) is 33.4. The molecular weight excluding hydrogens is 783 g/mol. The number of ketones is 2. The van der Waals surface area contributed by atoms with E-state index in [4.69, 9.17) is 0 Å². The lowest BCUT2D eigenvalue weighted by Crippen LogP contribution is -2.28. The average Bonchev–Trinajstić information content (AvgIpc) is 3.25. The number of nitrogens with one attached hydrogen (secondary N) is 1. The van der Waals surface area contributed by atoms with Crippen molar-refractivity contribution >= 4 is 39.5 Å². The van der Waals surface area contributed by atoms with E-state index >= 15 is 0 Å². The topological polar surface area (TPSA) is 166 Å². The number of rotatable bonds is 9. The van der Waals surface area contributed by atoms with Gasteiger partial charge in [0.15, 0.2) is 11.6 Å². The number of nitrogens with zero attached hydrogens (tertiary/aromatic N) is 7. The molecule has 0 bridgehead atoms. The zero-order chi connectivity index (χ0) is 43.4. The van der Waals surface area contributed by atoms with E-state index in [1.54, 1.807) is 68.6 Å². The SMILES string of the molecule is CCn1nc(-c2ccc(F)cc2)c(C(C)=O)c(N=c2cccc3n(O)cccc2-3)c1=O.CCn1nc(-c2cccc(F)c2)c(C(C)=O)c(Nc2cccc3ncccc23)c1=O. The Morgan fingerprint density at radius 3 is 2.08 bits per heavy atom. The molecule has 0 saturated carbocycles. The molecule has 4 heterocycles. The second-order valence-electron chi connectivity index (χ2n) is 13.7. The van der Waals surface area contributed by atoms with E-state index in [2.05, 4.69) is 25.5 Å². The Morgan fingerprint density at radius 2 is 1.39 bits per heavy atom. The number of carbonyl (C=O) groups excluding carboxylic acids is 2. The first-order valence-electron chi connectivity index (χ1n) is 19.2. The first-order valence-corrected chi connectivity index (χ1v) is 19.2. The van der Waals surface area contributed by atoms with Gasteiger partial charge in [0.1, 0.15) is 34.4 Å². The van der Waals surface area contributed by atoms with E-state index in [1.807, 2.05) is 24.3 Å². The van der Waals surface area contributed by atoms with Crippen molar-refractivity contribution in [2.75, 3.05) is 5.32 Å². The van der Waals surface area contributed by atoms with Crippen molar-refractivity contribution in [1.82, 2.24) is 29.3 Å². The van der Waals surface area contributed by atoms with Crippen molar-refractivity contribution in [3.8, 4) is 33.8 Å². The second-order valence-corrected chi connectivity index (χ2v) is 13.7. The molecule has 0 amide bonds. The third-order valence-electron chi connectivity index (χ3n) is 9.74. The summed E-state index contributed by atoms with van der Waals surface area (Å²) in [5.74, 6) is -1.60. The molecule has 0 radical (unpaired) electrons. The van der Waals surface area contributed by atoms with E-state index in [0.29, 0.717) is 40.0 Å². The van der Waals surface area contributed by atoms with E-state index in [-0.39, 0.29) is 52.0 Å². The van der Waals surface area contributed by atoms with Crippen LogP contribution >= 0.6 is 0 Å². The number of aromatic nitrogens is 6. The third kappa shape index (κ3) is 8.34. The van der Waals surface area contributed by atoms with Gasteiger partial charge in [-0.25, -0.2) is 23.1 Å². The Kier molecular flexibility index (Phi) is 11.8. The lowest BCUT2D eigenvalue weighted by atomic mass is 10.0. The fraction of sp³-hybridized carbons (Fsp3) is 0.130. The number of aryl methyl sites for hydroxylation is 2. The van der Waals surface area contributed by atoms with Gasteiger partial charge in [-0.1, -0.05) is 24.3 Å². The lowest BCUT2D eigenvalue weighted by Gasteiger charge is -2.17. The van der Waals surface area contributed by atoms with Crippen LogP contribution in [0.1, 0.15) is 48.4 Å². The number of benzene rings is 4. The maximum absolute atomic E-state index is 13.9. The number of pyridine rings is 2. The number of hydrogen-bond donors (Lipinski definition) is 2. The molecule has 1 aliphatic heterocycles. The largest absolute Gasteiger partial charge is 0.428 e. The fourth-order valence-electron chi connectivity index (χ4n) is 6.88. The molecule has 1 aliphatic carbocycles. The van der Waals surface area contributed by atoms with E-state index in [9.17, 15) is 33.2 Å². The van der Waals surface area contributed by atoms with Crippen LogP contribution in [0.2, 0.25) is 0 Å². The van der Waals surface area contributed by atoms with Crippen molar-refractivity contribution in [2.45, 2.75) is 40.8 Å². The van der Waals surface area contributed by atoms with Gasteiger partial charge >= 0.3 is 0 Å². The summed E-state index contributed by atoms with van der Waals surface area (Å²) < 4.78 is 30.7. The summed E-state index contributed by atoms with van der Waals surface area (Å²) in [6, 6.07) is 29.0. The van der Waals surface area contributed by atoms with Crippen LogP contribution in [0.3, 0.4) is 0 Å². The summed E-state index contributed by atoms with van der Waals surface area (Å²) in [6.45, 7) is 6.80. The molecule has 6 aromatic rings. The lowest BCUT2D eigenvalue weighted by molar-refractivity contribution is 0.101. The van der Waals surface area contributed by atoms with Gasteiger partial charge in [0.05, 0.1) is 27.7 Å². The summed E-state index contributed by atoms with van der Waals surface area (Å²) in [6.07, 6.45) is 3.17. The quantitative estimate of drug-likeness (QED) is 0.108. The number of hydrogen-bond acceptors (Lipinski definition) is 10. The van der Waals surface area contributed by atoms with Gasteiger partial charge in [-0.2, -0.15) is 14.9 Å². The number of anilines is 2. The molecule has 3 aromatic carbocycles. The molecule has 15 heteroatoms. The zero-order valence-corrected chi connectivity index (χ0v) is 33.4. The smallest absolute Gasteiger partial charge is 0.293 e. The van der Waals surface area contributed by atoms with E-state index in [1.165, 1.54) is 65.8 Å². The molecule has 0 fully saturated rings. The van der Waals surface area contributed by atoms with Gasteiger partial charge in [-0.3, -0.25) is 24.2 Å². The predicted molar refractivity (Wildman–Crippen MR) is 228 cm³/mol. The number of fused-ring (bicyclic) bond motifs is 2. The molecule has 0 saturated heterocycles. The van der Waals surface area contributed by atoms with E-state index < -0.39 is 22.8 Å². The molecule has 13 nitrogen and oxygen atoms in total. The molecule has 2 aliphatic rings. The van der Waals surface area contributed by atoms with Crippen LogP contribution in [0.15, 0.2) is 136 Å². The predicted octanol–water partition coefficient (Wildman–Crippen LogP) is 8.21. The third-order valence-corrected chi connectivity index (χ3v) is 9.74. The molecule has 2 N–H and O–H groups in total. The van der Waals surface area contributed by atoms with Crippen molar-refractivity contribution in [2.24, 2.45) is 4.99 Å². The first kappa shape index (κ1) is 41.2. The van der Waals surface area contributed by atoms with E-state index in [0.717, 1.165) is 15.6 Å². The number of halogens is 2. The summed E-state index contributed by atoms with van der Waals surface area (Å²) >= 11 is 0. The Bertz CT molecular complexity index is 3130. The molecule has 0 spiro atoms. The van der Waals surface area contributed by atoms with Gasteiger partial charge in [0.2, 0.25) is 0 Å². The summed E-state index contributed by atoms with van der Waals surface area (Å²) in [5, 5.41) is 23.1. The minimum Gasteiger partial charge on any atom is -0.428 e. The maximum Gasteiger partial charge on any atom is 0.293 e. The Balaban J connectivity index is 0.000000184. The highest BCUT2D eigenvalue weighted by molar-refractivity contribution is 6.06. The van der Waals surface area contributed by atoms with Gasteiger partial charge in [-0.15, -0.1) is 0 Å². The van der Waals surface area contributed by atoms with Crippen LogP contribution < -0.4 is 21.8 Å². The van der Waals surface area contributed by atoms with Crippen molar-refractivity contribution in [3.63, 3.8) is 0 Å². The van der Waals surface area contributed by atoms with Gasteiger partial charge in [-0.05, 0) is 113 Å². The normalized spacial score (nSPS) is 11.3. The molecule has 0 unspecified atom stereocenters.